The Morgan fingerprint density at radius 2 is 2.14 bits per heavy atom. The van der Waals surface area contributed by atoms with E-state index in [0.29, 0.717) is 12.1 Å². The molecule has 0 aromatic carbocycles. The molecule has 1 unspecified atom stereocenters. The molecule has 2 heteroatoms. The Morgan fingerprint density at radius 1 is 1.43 bits per heavy atom. The van der Waals surface area contributed by atoms with Gasteiger partial charge in [0.1, 0.15) is 6.67 Å². The van der Waals surface area contributed by atoms with Crippen LogP contribution < -0.4 is 0 Å². The number of piperidine rings is 1. The van der Waals surface area contributed by atoms with Crippen LogP contribution in [0, 0.1) is 11.8 Å². The number of nitrogens with zero attached hydrogens (tertiary/aromatic N) is 1. The average Bonchev–Trinajstić information content (AvgIpc) is 2.90. The summed E-state index contributed by atoms with van der Waals surface area (Å²) in [7, 11) is 0. The highest BCUT2D eigenvalue weighted by atomic mass is 19.1. The van der Waals surface area contributed by atoms with Crippen molar-refractivity contribution in [2.45, 2.75) is 45.1 Å². The van der Waals surface area contributed by atoms with Gasteiger partial charge in [-0.3, -0.25) is 4.90 Å². The second-order valence-corrected chi connectivity index (χ2v) is 5.40. The van der Waals surface area contributed by atoms with E-state index in [9.17, 15) is 4.39 Å². The first kappa shape index (κ1) is 10.4. The van der Waals surface area contributed by atoms with Gasteiger partial charge in [-0.1, -0.05) is 13.8 Å². The van der Waals surface area contributed by atoms with Crippen LogP contribution in [0.4, 0.5) is 4.39 Å². The fraction of sp³-hybridized carbons (Fsp3) is 1.00. The summed E-state index contributed by atoms with van der Waals surface area (Å²) in [4.78, 5) is 2.41. The van der Waals surface area contributed by atoms with Crippen LogP contribution >= 0.6 is 0 Å². The minimum atomic E-state index is -0.173. The van der Waals surface area contributed by atoms with E-state index in [4.69, 9.17) is 0 Å². The van der Waals surface area contributed by atoms with Crippen molar-refractivity contribution < 1.29 is 4.39 Å². The highest BCUT2D eigenvalue weighted by molar-refractivity contribution is 5.07. The summed E-state index contributed by atoms with van der Waals surface area (Å²) >= 11 is 0. The smallest absolute Gasteiger partial charge is 0.102 e. The van der Waals surface area contributed by atoms with Crippen LogP contribution in [0.3, 0.4) is 0 Å². The molecule has 14 heavy (non-hydrogen) atoms. The molecule has 1 saturated carbocycles. The standard InChI is InChI=1S/C12H22FN/c1-10(2)11-3-7-14(8-6-13)12(9-11)4-5-12/h10-11H,3-9H2,1-2H3. The summed E-state index contributed by atoms with van der Waals surface area (Å²) in [5, 5.41) is 0. The molecule has 1 spiro atoms. The van der Waals surface area contributed by atoms with Crippen LogP contribution in [0.25, 0.3) is 0 Å². The van der Waals surface area contributed by atoms with Gasteiger partial charge in [0, 0.05) is 12.1 Å². The molecule has 1 atom stereocenters. The molecular formula is C12H22FN. The predicted molar refractivity (Wildman–Crippen MR) is 57.1 cm³/mol. The third-order valence-corrected chi connectivity index (χ3v) is 4.21. The SMILES string of the molecule is CC(C)C1CCN(CCF)C2(CC2)C1. The maximum Gasteiger partial charge on any atom is 0.102 e. The number of halogens is 1. The summed E-state index contributed by atoms with van der Waals surface area (Å²) in [5.74, 6) is 1.69. The van der Waals surface area contributed by atoms with Crippen molar-refractivity contribution in [3.05, 3.63) is 0 Å². The first-order valence-electron chi connectivity index (χ1n) is 5.99. The highest BCUT2D eigenvalue weighted by Crippen LogP contribution is 2.51. The minimum Gasteiger partial charge on any atom is -0.295 e. The lowest BCUT2D eigenvalue weighted by Crippen LogP contribution is -2.46. The minimum absolute atomic E-state index is 0.173. The average molecular weight is 199 g/mol. The molecule has 1 aliphatic heterocycles. The van der Waals surface area contributed by atoms with Crippen molar-refractivity contribution in [2.24, 2.45) is 11.8 Å². The third kappa shape index (κ3) is 1.81. The fourth-order valence-electron chi connectivity index (χ4n) is 2.96. The van der Waals surface area contributed by atoms with Gasteiger partial charge in [0.05, 0.1) is 0 Å². The lowest BCUT2D eigenvalue weighted by molar-refractivity contribution is 0.0708. The van der Waals surface area contributed by atoms with E-state index in [-0.39, 0.29) is 6.67 Å². The van der Waals surface area contributed by atoms with Crippen molar-refractivity contribution in [3.8, 4) is 0 Å². The van der Waals surface area contributed by atoms with E-state index in [1.165, 1.54) is 25.7 Å². The Bertz CT molecular complexity index is 198. The molecule has 0 amide bonds. The Hall–Kier alpha value is -0.110. The van der Waals surface area contributed by atoms with Crippen LogP contribution in [0.1, 0.15) is 39.5 Å². The number of hydrogen-bond donors (Lipinski definition) is 0. The van der Waals surface area contributed by atoms with Crippen molar-refractivity contribution in [1.29, 1.82) is 0 Å². The van der Waals surface area contributed by atoms with Crippen molar-refractivity contribution in [2.75, 3.05) is 19.8 Å². The maximum atomic E-state index is 12.4. The van der Waals surface area contributed by atoms with Crippen LogP contribution in [0.5, 0.6) is 0 Å². The van der Waals surface area contributed by atoms with Crippen LogP contribution in [0.2, 0.25) is 0 Å². The Kier molecular flexibility index (Phi) is 2.83. The lowest BCUT2D eigenvalue weighted by atomic mass is 9.81. The molecule has 1 aliphatic carbocycles. The lowest BCUT2D eigenvalue weighted by Gasteiger charge is -2.41. The fourth-order valence-corrected chi connectivity index (χ4v) is 2.96. The summed E-state index contributed by atoms with van der Waals surface area (Å²) in [5.41, 5.74) is 0.444. The van der Waals surface area contributed by atoms with Gasteiger partial charge in [-0.05, 0) is 44.1 Å². The van der Waals surface area contributed by atoms with Gasteiger partial charge < -0.3 is 0 Å². The summed E-state index contributed by atoms with van der Waals surface area (Å²) in [6, 6.07) is 0. The first-order chi connectivity index (χ1) is 6.68. The quantitative estimate of drug-likeness (QED) is 0.675. The van der Waals surface area contributed by atoms with E-state index < -0.39 is 0 Å². The first-order valence-corrected chi connectivity index (χ1v) is 5.99. The summed E-state index contributed by atoms with van der Waals surface area (Å²) in [6.45, 7) is 6.28. The molecule has 2 aliphatic rings. The van der Waals surface area contributed by atoms with Crippen LogP contribution in [0.15, 0.2) is 0 Å². The van der Waals surface area contributed by atoms with Gasteiger partial charge in [-0.15, -0.1) is 0 Å². The molecule has 1 nitrogen and oxygen atoms in total. The van der Waals surface area contributed by atoms with Gasteiger partial charge in [0.15, 0.2) is 0 Å². The van der Waals surface area contributed by atoms with E-state index in [1.807, 2.05) is 0 Å². The third-order valence-electron chi connectivity index (χ3n) is 4.21. The predicted octanol–water partition coefficient (Wildman–Crippen LogP) is 2.86. The van der Waals surface area contributed by atoms with Gasteiger partial charge in [-0.2, -0.15) is 0 Å². The zero-order valence-electron chi connectivity index (χ0n) is 9.43. The van der Waals surface area contributed by atoms with Gasteiger partial charge in [0.25, 0.3) is 0 Å². The van der Waals surface area contributed by atoms with Crippen LogP contribution in [-0.2, 0) is 0 Å². The van der Waals surface area contributed by atoms with Gasteiger partial charge in [0.2, 0.25) is 0 Å². The summed E-state index contributed by atoms with van der Waals surface area (Å²) in [6.07, 6.45) is 5.23. The molecule has 82 valence electrons. The monoisotopic (exact) mass is 199 g/mol. The molecule has 0 aromatic rings. The highest BCUT2D eigenvalue weighted by Gasteiger charge is 2.51. The Labute approximate surface area is 86.7 Å². The molecule has 1 saturated heterocycles. The Balaban J connectivity index is 1.95. The largest absolute Gasteiger partial charge is 0.295 e. The number of hydrogen-bond acceptors (Lipinski definition) is 1. The van der Waals surface area contributed by atoms with Crippen LogP contribution in [-0.4, -0.2) is 30.2 Å². The topological polar surface area (TPSA) is 3.24 Å². The van der Waals surface area contributed by atoms with E-state index in [1.54, 1.807) is 0 Å². The van der Waals surface area contributed by atoms with Crippen molar-refractivity contribution >= 4 is 0 Å². The van der Waals surface area contributed by atoms with Gasteiger partial charge >= 0.3 is 0 Å². The molecule has 2 fully saturated rings. The second kappa shape index (κ2) is 3.80. The molecule has 0 N–H and O–H groups in total. The van der Waals surface area contributed by atoms with Gasteiger partial charge in [-0.25, -0.2) is 4.39 Å². The molecular weight excluding hydrogens is 177 g/mol. The maximum absolute atomic E-state index is 12.4. The van der Waals surface area contributed by atoms with E-state index in [0.717, 1.165) is 18.4 Å². The number of rotatable bonds is 3. The molecule has 0 aromatic heterocycles. The molecule has 0 bridgehead atoms. The molecule has 2 rings (SSSR count). The molecule has 0 radical (unpaired) electrons. The number of alkyl halides is 1. The van der Waals surface area contributed by atoms with E-state index in [2.05, 4.69) is 18.7 Å². The van der Waals surface area contributed by atoms with Crippen molar-refractivity contribution in [3.63, 3.8) is 0 Å². The van der Waals surface area contributed by atoms with E-state index >= 15 is 0 Å². The zero-order valence-corrected chi connectivity index (χ0v) is 9.43. The second-order valence-electron chi connectivity index (χ2n) is 5.40. The van der Waals surface area contributed by atoms with Crippen molar-refractivity contribution in [1.82, 2.24) is 4.90 Å². The Morgan fingerprint density at radius 3 is 2.64 bits per heavy atom. The zero-order chi connectivity index (χ0) is 10.2. The normalized spacial score (nSPS) is 31.3. The number of likely N-dealkylation sites (tertiary alicyclic amines) is 1. The summed E-state index contributed by atoms with van der Waals surface area (Å²) < 4.78 is 12.4. The molecule has 1 heterocycles.